The summed E-state index contributed by atoms with van der Waals surface area (Å²) in [5.41, 5.74) is 6.62. The average Bonchev–Trinajstić information content (AvgIpc) is 3.04. The second-order valence-electron chi connectivity index (χ2n) is 5.49. The third kappa shape index (κ3) is 4.40. The lowest BCUT2D eigenvalue weighted by Crippen LogP contribution is -2.27. The fourth-order valence-electron chi connectivity index (χ4n) is 2.37. The number of amides is 1. The van der Waals surface area contributed by atoms with E-state index in [-0.39, 0.29) is 5.91 Å². The normalized spacial score (nSPS) is 10.8. The van der Waals surface area contributed by atoms with E-state index in [4.69, 9.17) is 10.5 Å². The van der Waals surface area contributed by atoms with Crippen LogP contribution < -0.4 is 10.5 Å². The van der Waals surface area contributed by atoms with Gasteiger partial charge in [-0.15, -0.1) is 10.2 Å². The van der Waals surface area contributed by atoms with Gasteiger partial charge in [0.2, 0.25) is 11.0 Å². The molecule has 25 heavy (non-hydrogen) atoms. The van der Waals surface area contributed by atoms with Crippen molar-refractivity contribution in [2.45, 2.75) is 10.9 Å². The van der Waals surface area contributed by atoms with Crippen molar-refractivity contribution in [1.82, 2.24) is 15.1 Å². The van der Waals surface area contributed by atoms with Crippen LogP contribution in [0.1, 0.15) is 5.56 Å². The van der Waals surface area contributed by atoms with Gasteiger partial charge < -0.3 is 15.4 Å². The molecule has 1 heterocycles. The summed E-state index contributed by atoms with van der Waals surface area (Å²) in [4.78, 5) is 14.0. The summed E-state index contributed by atoms with van der Waals surface area (Å²) in [7, 11) is 3.46. The van der Waals surface area contributed by atoms with E-state index in [0.717, 1.165) is 22.1 Å². The second kappa shape index (κ2) is 7.71. The van der Waals surface area contributed by atoms with Crippen molar-refractivity contribution in [3.05, 3.63) is 42.0 Å². The number of anilines is 1. The number of hydrogen-bond acceptors (Lipinski definition) is 7. The number of nitrogen functional groups attached to an aromatic ring is 1. The quantitative estimate of drug-likeness (QED) is 0.668. The first-order valence-electron chi connectivity index (χ1n) is 7.57. The number of benzene rings is 2. The maximum absolute atomic E-state index is 12.3. The Kier molecular flexibility index (Phi) is 5.40. The third-order valence-corrected chi connectivity index (χ3v) is 5.57. The summed E-state index contributed by atoms with van der Waals surface area (Å²) >= 11 is 2.64. The van der Waals surface area contributed by atoms with Crippen molar-refractivity contribution in [3.63, 3.8) is 0 Å². The van der Waals surface area contributed by atoms with Gasteiger partial charge in [0.05, 0.1) is 12.9 Å². The third-order valence-electron chi connectivity index (χ3n) is 3.70. The number of fused-ring (bicyclic) bond motifs is 1. The number of carbonyl (C=O) groups excluding carboxylic acids is 1. The second-order valence-corrected chi connectivity index (χ2v) is 7.72. The molecule has 1 aromatic heterocycles. The Hall–Kier alpha value is -2.32. The lowest BCUT2D eigenvalue weighted by Gasteiger charge is -2.17. The van der Waals surface area contributed by atoms with Crippen molar-refractivity contribution < 1.29 is 9.53 Å². The maximum Gasteiger partial charge on any atom is 0.233 e. The number of carbonyl (C=O) groups is 1. The molecular weight excluding hydrogens is 356 g/mol. The van der Waals surface area contributed by atoms with Crippen LogP contribution in [0.5, 0.6) is 5.75 Å². The molecule has 0 fully saturated rings. The van der Waals surface area contributed by atoms with Gasteiger partial charge in [0, 0.05) is 13.6 Å². The number of thioether (sulfide) groups is 1. The molecule has 0 bridgehead atoms. The van der Waals surface area contributed by atoms with Gasteiger partial charge in [-0.1, -0.05) is 41.3 Å². The van der Waals surface area contributed by atoms with Crippen LogP contribution in [0, 0.1) is 0 Å². The van der Waals surface area contributed by atoms with Crippen LogP contribution in [0.2, 0.25) is 0 Å². The molecule has 130 valence electrons. The van der Waals surface area contributed by atoms with E-state index >= 15 is 0 Å². The number of hydrogen-bond donors (Lipinski definition) is 1. The van der Waals surface area contributed by atoms with E-state index in [2.05, 4.69) is 16.3 Å². The van der Waals surface area contributed by atoms with E-state index in [1.54, 1.807) is 19.1 Å². The van der Waals surface area contributed by atoms with Gasteiger partial charge in [-0.25, -0.2) is 0 Å². The molecule has 1 amide bonds. The minimum absolute atomic E-state index is 0.0357. The molecule has 3 aromatic rings. The predicted octanol–water partition coefficient (Wildman–Crippen LogP) is 3.03. The SMILES string of the molecule is COc1ccc2cc(CN(C)C(=O)CSc3nnc(N)s3)ccc2c1. The number of ether oxygens (including phenoxy) is 1. The zero-order chi connectivity index (χ0) is 17.8. The lowest BCUT2D eigenvalue weighted by molar-refractivity contribution is -0.127. The zero-order valence-corrected chi connectivity index (χ0v) is 15.6. The first-order valence-corrected chi connectivity index (χ1v) is 9.38. The molecule has 8 heteroatoms. The van der Waals surface area contributed by atoms with Crippen molar-refractivity contribution in [2.24, 2.45) is 0 Å². The monoisotopic (exact) mass is 374 g/mol. The molecule has 0 atom stereocenters. The highest BCUT2D eigenvalue weighted by molar-refractivity contribution is 8.01. The van der Waals surface area contributed by atoms with Gasteiger partial charge in [0.1, 0.15) is 5.75 Å². The number of rotatable bonds is 6. The molecular formula is C17H18N4O2S2. The Bertz CT molecular complexity index is 897. The molecule has 2 aromatic carbocycles. The summed E-state index contributed by atoms with van der Waals surface area (Å²) in [6.45, 7) is 0.555. The molecule has 0 spiro atoms. The minimum Gasteiger partial charge on any atom is -0.497 e. The fraction of sp³-hybridized carbons (Fsp3) is 0.235. The Morgan fingerprint density at radius 1 is 1.24 bits per heavy atom. The molecule has 0 aliphatic rings. The van der Waals surface area contributed by atoms with Gasteiger partial charge in [-0.2, -0.15) is 0 Å². The van der Waals surface area contributed by atoms with Crippen molar-refractivity contribution in [3.8, 4) is 5.75 Å². The van der Waals surface area contributed by atoms with Gasteiger partial charge in [0.25, 0.3) is 0 Å². The van der Waals surface area contributed by atoms with Gasteiger partial charge >= 0.3 is 0 Å². The van der Waals surface area contributed by atoms with Crippen molar-refractivity contribution in [1.29, 1.82) is 0 Å². The van der Waals surface area contributed by atoms with E-state index in [1.807, 2.05) is 30.3 Å². The lowest BCUT2D eigenvalue weighted by atomic mass is 10.1. The van der Waals surface area contributed by atoms with Crippen LogP contribution in [-0.4, -0.2) is 40.9 Å². The van der Waals surface area contributed by atoms with E-state index in [0.29, 0.717) is 21.8 Å². The van der Waals surface area contributed by atoms with Crippen LogP contribution in [0.4, 0.5) is 5.13 Å². The highest BCUT2D eigenvalue weighted by Gasteiger charge is 2.12. The first-order chi connectivity index (χ1) is 12.0. The number of aromatic nitrogens is 2. The average molecular weight is 374 g/mol. The van der Waals surface area contributed by atoms with Crippen LogP contribution in [0.15, 0.2) is 40.7 Å². The molecule has 2 N–H and O–H groups in total. The smallest absolute Gasteiger partial charge is 0.233 e. The molecule has 0 aliphatic carbocycles. The first kappa shape index (κ1) is 17.5. The van der Waals surface area contributed by atoms with Crippen LogP contribution in [-0.2, 0) is 11.3 Å². The minimum atomic E-state index is 0.0357. The van der Waals surface area contributed by atoms with Gasteiger partial charge in [-0.3, -0.25) is 4.79 Å². The molecule has 0 saturated heterocycles. The number of nitrogens with two attached hydrogens (primary N) is 1. The molecule has 0 unspecified atom stereocenters. The Labute approximate surface area is 154 Å². The standard InChI is InChI=1S/C17H18N4O2S2/c1-21(15(22)10-24-17-20-19-16(18)25-17)9-11-3-4-13-8-14(23-2)6-5-12(13)7-11/h3-8H,9-10H2,1-2H3,(H2,18,19). The van der Waals surface area contributed by atoms with Crippen molar-refractivity contribution in [2.75, 3.05) is 25.6 Å². The Balaban J connectivity index is 1.62. The van der Waals surface area contributed by atoms with Crippen LogP contribution >= 0.6 is 23.1 Å². The number of nitrogens with zero attached hydrogens (tertiary/aromatic N) is 3. The summed E-state index contributed by atoms with van der Waals surface area (Å²) < 4.78 is 5.95. The number of methoxy groups -OCH3 is 1. The fourth-order valence-corrected chi connectivity index (χ4v) is 3.95. The maximum atomic E-state index is 12.3. The summed E-state index contributed by atoms with van der Waals surface area (Å²) in [5, 5.41) is 10.3. The zero-order valence-electron chi connectivity index (χ0n) is 13.9. The topological polar surface area (TPSA) is 81.3 Å². The summed E-state index contributed by atoms with van der Waals surface area (Å²) in [6, 6.07) is 12.1. The van der Waals surface area contributed by atoms with E-state index < -0.39 is 0 Å². The van der Waals surface area contributed by atoms with Crippen molar-refractivity contribution >= 4 is 44.9 Å². The molecule has 0 radical (unpaired) electrons. The van der Waals surface area contributed by atoms with E-state index in [1.165, 1.54) is 23.1 Å². The highest BCUT2D eigenvalue weighted by atomic mass is 32.2. The molecule has 3 rings (SSSR count). The van der Waals surface area contributed by atoms with Crippen LogP contribution in [0.3, 0.4) is 0 Å². The summed E-state index contributed by atoms with van der Waals surface area (Å²) in [6.07, 6.45) is 0. The Morgan fingerprint density at radius 2 is 2.00 bits per heavy atom. The van der Waals surface area contributed by atoms with E-state index in [9.17, 15) is 4.79 Å². The molecule has 0 saturated carbocycles. The van der Waals surface area contributed by atoms with Gasteiger partial charge in [0.15, 0.2) is 4.34 Å². The predicted molar refractivity (Wildman–Crippen MR) is 102 cm³/mol. The molecule has 6 nitrogen and oxygen atoms in total. The van der Waals surface area contributed by atoms with Gasteiger partial charge in [-0.05, 0) is 34.5 Å². The molecule has 0 aliphatic heterocycles. The van der Waals surface area contributed by atoms with Crippen LogP contribution in [0.25, 0.3) is 10.8 Å². The largest absolute Gasteiger partial charge is 0.497 e. The summed E-state index contributed by atoms with van der Waals surface area (Å²) in [5.74, 6) is 1.19. The highest BCUT2D eigenvalue weighted by Crippen LogP contribution is 2.24. The Morgan fingerprint density at radius 3 is 2.72 bits per heavy atom.